The van der Waals surface area contributed by atoms with Gasteiger partial charge in [0, 0.05) is 64.9 Å². The first-order valence-electron chi connectivity index (χ1n) is 23.1. The molecule has 4 aliphatic heterocycles. The van der Waals surface area contributed by atoms with Gasteiger partial charge < -0.3 is 50.8 Å². The number of hydrogen-bond acceptors (Lipinski definition) is 11. The molecule has 0 aromatic heterocycles. The van der Waals surface area contributed by atoms with E-state index in [4.69, 9.17) is 24.7 Å². The molecule has 65 heavy (non-hydrogen) atoms. The molecular formula is C54H58N4O7. The number of methoxy groups -OCH3 is 1. The van der Waals surface area contributed by atoms with Crippen molar-refractivity contribution in [3.8, 4) is 51.7 Å². The molecule has 1 unspecified atom stereocenters. The molecule has 6 aliphatic rings. The average Bonchev–Trinajstić information content (AvgIpc) is 3.79. The minimum Gasteiger partial charge on any atom is -0.508 e. The molecule has 0 saturated heterocycles. The lowest BCUT2D eigenvalue weighted by Crippen LogP contribution is -2.38. The number of carbonyl (C=O) groups is 1. The van der Waals surface area contributed by atoms with Crippen molar-refractivity contribution in [2.24, 2.45) is 17.6 Å². The van der Waals surface area contributed by atoms with Crippen molar-refractivity contribution in [3.63, 3.8) is 0 Å². The van der Waals surface area contributed by atoms with Gasteiger partial charge in [0.1, 0.15) is 36.6 Å². The molecule has 4 aromatic rings. The lowest BCUT2D eigenvalue weighted by Gasteiger charge is -2.40. The minimum atomic E-state index is -0.632. The summed E-state index contributed by atoms with van der Waals surface area (Å²) in [5.41, 5.74) is 18.1. The van der Waals surface area contributed by atoms with Gasteiger partial charge in [0.15, 0.2) is 11.5 Å². The van der Waals surface area contributed by atoms with E-state index >= 15 is 0 Å². The van der Waals surface area contributed by atoms with E-state index in [0.717, 1.165) is 100 Å². The summed E-state index contributed by atoms with van der Waals surface area (Å²) < 4.78 is 25.9. The number of aryl methyl sites for hydroxylation is 1. The van der Waals surface area contributed by atoms with E-state index in [1.54, 1.807) is 19.2 Å². The normalized spacial score (nSPS) is 25.4. The highest BCUT2D eigenvalue weighted by Crippen LogP contribution is 2.64. The fourth-order valence-corrected chi connectivity index (χ4v) is 11.8. The van der Waals surface area contributed by atoms with Gasteiger partial charge in [-0.3, -0.25) is 4.79 Å². The second kappa shape index (κ2) is 17.2. The number of phenols is 2. The highest BCUT2D eigenvalue weighted by Gasteiger charge is 2.52. The maximum absolute atomic E-state index is 12.7. The molecule has 10 rings (SSSR count). The first kappa shape index (κ1) is 42.6. The molecule has 1 spiro atoms. The molecule has 0 radical (unpaired) electrons. The minimum absolute atomic E-state index is 0.0195. The van der Waals surface area contributed by atoms with E-state index < -0.39 is 18.2 Å². The molecule has 4 aromatic carbocycles. The van der Waals surface area contributed by atoms with Gasteiger partial charge in [-0.25, -0.2) is 0 Å². The van der Waals surface area contributed by atoms with Gasteiger partial charge >= 0.3 is 5.97 Å². The fraction of sp³-hybridized carbons (Fsp3) is 0.389. The number of carbonyl (C=O) groups excluding carboxylic acids is 1. The number of ether oxygens (including phenoxy) is 4. The van der Waals surface area contributed by atoms with Crippen molar-refractivity contribution < 1.29 is 34.0 Å². The Morgan fingerprint density at radius 2 is 1.92 bits per heavy atom. The maximum atomic E-state index is 12.7. The van der Waals surface area contributed by atoms with Crippen molar-refractivity contribution in [3.05, 3.63) is 123 Å². The van der Waals surface area contributed by atoms with Crippen molar-refractivity contribution in [1.29, 1.82) is 0 Å². The van der Waals surface area contributed by atoms with E-state index in [-0.39, 0.29) is 53.8 Å². The van der Waals surface area contributed by atoms with Gasteiger partial charge in [0.25, 0.3) is 0 Å². The third kappa shape index (κ3) is 7.56. The van der Waals surface area contributed by atoms with Crippen LogP contribution in [0.5, 0.6) is 28.7 Å². The van der Waals surface area contributed by atoms with Crippen LogP contribution in [0.1, 0.15) is 90.5 Å². The van der Waals surface area contributed by atoms with E-state index in [9.17, 15) is 15.0 Å². The highest BCUT2D eigenvalue weighted by atomic mass is 16.5. The van der Waals surface area contributed by atoms with E-state index in [1.165, 1.54) is 12.5 Å². The SMILES string of the molecule is CCNc1ccccc1CC[C@H]1C2=C(C#CCc3cc(O)c4c(c3[C@H]3Oc5c(ccc6c5[C@]5(CC[C@@H]1C5)Cc1cc(O)cc(OC)c1-6)[C@@H]3COC(C)=O)C=C[C@@H](NC)CO4)NC(N)C=C2. The molecule has 1 saturated carbocycles. The molecule has 4 heterocycles. The summed E-state index contributed by atoms with van der Waals surface area (Å²) in [5.74, 6) is 8.66. The number of hydrogen-bond donors (Lipinski definition) is 6. The van der Waals surface area contributed by atoms with Crippen LogP contribution in [-0.2, 0) is 34.2 Å². The molecule has 4 bridgehead atoms. The number of phenolic OH excluding ortho intramolecular Hbond substituents is 2. The van der Waals surface area contributed by atoms with Gasteiger partial charge in [-0.15, -0.1) is 0 Å². The number of aromatic hydroxyl groups is 2. The number of para-hydroxylation sites is 1. The lowest BCUT2D eigenvalue weighted by molar-refractivity contribution is -0.141. The summed E-state index contributed by atoms with van der Waals surface area (Å²) in [4.78, 5) is 12.7. The number of dihydropyridines is 1. The van der Waals surface area contributed by atoms with Crippen LogP contribution in [0, 0.1) is 23.7 Å². The van der Waals surface area contributed by atoms with Crippen LogP contribution >= 0.6 is 0 Å². The van der Waals surface area contributed by atoms with Crippen LogP contribution in [0.25, 0.3) is 17.2 Å². The third-order valence-corrected chi connectivity index (χ3v) is 14.7. The van der Waals surface area contributed by atoms with Crippen molar-refractivity contribution in [2.45, 2.75) is 88.4 Å². The first-order valence-corrected chi connectivity index (χ1v) is 23.1. The summed E-state index contributed by atoms with van der Waals surface area (Å²) in [5, 5.41) is 33.3. The largest absolute Gasteiger partial charge is 0.508 e. The molecule has 0 amide bonds. The standard InChI is InChI=1S/C54H58N4O7/c1-5-57-43-11-7-6-9-31(43)13-15-37-33-21-22-54(26-33)27-34-23-36(60)25-46(62-4)48(34)40-18-17-39-42(29-63-30(2)59)52(65-53(39)50(40)54)49-32(10-8-12-44-38(37)19-20-47(55)58-44)24-45(61)51-41(49)16-14-35(56-3)28-64-51/h6-7,9,11,14,16-20,23-25,33,35,37,42,47,52,56-58,60-61H,5,10,13,15,21-22,26-29,55H2,1-4H3/t33-,35-,37-,42+,47?,52+,54+/m1/s1. The van der Waals surface area contributed by atoms with Gasteiger partial charge in [-0.05, 0) is 122 Å². The number of nitrogens with two attached hydrogens (primary N) is 1. The molecule has 7 N–H and O–H groups in total. The Morgan fingerprint density at radius 3 is 2.74 bits per heavy atom. The summed E-state index contributed by atoms with van der Waals surface area (Å²) in [6.07, 6.45) is 12.7. The number of rotatable bonds is 9. The predicted molar refractivity (Wildman–Crippen MR) is 252 cm³/mol. The van der Waals surface area contributed by atoms with Crippen LogP contribution in [-0.4, -0.2) is 62.3 Å². The van der Waals surface area contributed by atoms with Crippen LogP contribution < -0.4 is 35.9 Å². The monoisotopic (exact) mass is 874 g/mol. The third-order valence-electron chi connectivity index (χ3n) is 14.7. The van der Waals surface area contributed by atoms with Crippen molar-refractivity contribution in [1.82, 2.24) is 10.6 Å². The van der Waals surface area contributed by atoms with Crippen LogP contribution in [0.3, 0.4) is 0 Å². The highest BCUT2D eigenvalue weighted by molar-refractivity contribution is 5.84. The van der Waals surface area contributed by atoms with Gasteiger partial charge in [-0.2, -0.15) is 0 Å². The van der Waals surface area contributed by atoms with Gasteiger partial charge in [0.05, 0.1) is 30.9 Å². The number of fused-ring (bicyclic) bond motifs is 8. The number of allylic oxidation sites excluding steroid dienone is 3. The Balaban J connectivity index is 1.23. The molecular weight excluding hydrogens is 817 g/mol. The van der Waals surface area contributed by atoms with Crippen LogP contribution in [0.2, 0.25) is 0 Å². The van der Waals surface area contributed by atoms with Crippen LogP contribution in [0.4, 0.5) is 5.69 Å². The quantitative estimate of drug-likeness (QED) is 0.0714. The average molecular weight is 875 g/mol. The molecule has 1 fully saturated rings. The molecule has 7 atom stereocenters. The van der Waals surface area contributed by atoms with Crippen molar-refractivity contribution >= 4 is 17.7 Å². The van der Waals surface area contributed by atoms with E-state index in [1.807, 2.05) is 25.3 Å². The van der Waals surface area contributed by atoms with E-state index in [2.05, 4.69) is 83.3 Å². The first-order chi connectivity index (χ1) is 31.6. The number of benzene rings is 4. The Kier molecular flexibility index (Phi) is 11.3. The second-order valence-corrected chi connectivity index (χ2v) is 18.4. The molecule has 11 heteroatoms. The summed E-state index contributed by atoms with van der Waals surface area (Å²) in [6, 6.07) is 18.2. The molecule has 11 nitrogen and oxygen atoms in total. The molecule has 2 aliphatic carbocycles. The number of nitrogens with one attached hydrogen (secondary N) is 3. The Bertz CT molecular complexity index is 2730. The van der Waals surface area contributed by atoms with Crippen molar-refractivity contribution in [2.75, 3.05) is 39.2 Å². The van der Waals surface area contributed by atoms with Gasteiger partial charge in [0.2, 0.25) is 0 Å². The van der Waals surface area contributed by atoms with Gasteiger partial charge in [-0.1, -0.05) is 54.5 Å². The Hall–Kier alpha value is -6.35. The summed E-state index contributed by atoms with van der Waals surface area (Å²) in [7, 11) is 3.53. The fourth-order valence-electron chi connectivity index (χ4n) is 11.8. The Labute approximate surface area is 381 Å². The topological polar surface area (TPSA) is 157 Å². The van der Waals surface area contributed by atoms with Crippen LogP contribution in [0.15, 0.2) is 84.1 Å². The second-order valence-electron chi connectivity index (χ2n) is 18.4. The van der Waals surface area contributed by atoms with E-state index in [0.29, 0.717) is 30.1 Å². The maximum Gasteiger partial charge on any atom is 0.302 e. The zero-order valence-corrected chi connectivity index (χ0v) is 37.6. The Morgan fingerprint density at radius 1 is 1.06 bits per heavy atom. The lowest BCUT2D eigenvalue weighted by atomic mass is 9.64. The zero-order valence-electron chi connectivity index (χ0n) is 37.6. The number of esters is 1. The summed E-state index contributed by atoms with van der Waals surface area (Å²) >= 11 is 0. The number of likely N-dealkylation sites (N-methyl/N-ethyl adjacent to an activating group) is 1. The summed E-state index contributed by atoms with van der Waals surface area (Å²) in [6.45, 7) is 4.80. The number of anilines is 1. The predicted octanol–water partition coefficient (Wildman–Crippen LogP) is 8.08. The zero-order chi connectivity index (χ0) is 45.0. The smallest absolute Gasteiger partial charge is 0.302 e. The molecule has 336 valence electrons.